The zero-order chi connectivity index (χ0) is 89.3. The molecule has 0 saturated heterocycles. The molecule has 13 aromatic rings. The lowest BCUT2D eigenvalue weighted by Gasteiger charge is -2.47. The summed E-state index contributed by atoms with van der Waals surface area (Å²) in [6.07, 6.45) is 0. The Bertz CT molecular complexity index is 6900. The monoisotopic (exact) mass is 1080 g/mol. The molecule has 3 aliphatic heterocycles. The number of rotatable bonds is 7. The SMILES string of the molecule is [2H]c1c([2H])c([2H])c(N(c2c([2H])c([2H])c([2H])c([2H])c2[2H])c2c([2H])c3c4c(c2[2H])N2c5c(c([2H])c([2H])c([2H])c5-n5c6c([2H])c([2H])c([2H])c([2H])c6c6c([2H])c([2H])c([2H])c2c65)B4c2c([2H])c([2H])c(N(c4c([2H])c([2H])c(C(C)(C)C)c([2H])c4[2H])c4c([2H])c([2H])c(C(C)(C)C)c([2H])c4[2H])c([2H])c2N3c2c([2H])c([2H])c([2H])c3oc4c([2H])c([2H])c([2H])c([2H])c4c23)c([2H])c1[2H]. The van der Waals surface area contributed by atoms with Crippen molar-refractivity contribution < 1.29 is 59.2 Å². The molecule has 388 valence electrons. The van der Waals surface area contributed by atoms with Gasteiger partial charge in [0.1, 0.15) is 11.2 Å². The molecule has 0 spiro atoms. The predicted molar refractivity (Wildman–Crippen MR) is 342 cm³/mol. The number of nitrogens with zero attached hydrogens (tertiary/aromatic N) is 5. The molecular weight excluding hydrogens is 986 g/mol. The van der Waals surface area contributed by atoms with E-state index in [0.717, 1.165) is 9.47 Å². The highest BCUT2D eigenvalue weighted by atomic mass is 16.3. The van der Waals surface area contributed by atoms with Crippen molar-refractivity contribution in [1.82, 2.24) is 4.57 Å². The molecule has 7 heteroatoms. The van der Waals surface area contributed by atoms with Gasteiger partial charge in [-0.1, -0.05) is 174 Å². The lowest BCUT2D eigenvalue weighted by atomic mass is 9.33. The smallest absolute Gasteiger partial charge is 0.252 e. The number of aromatic nitrogens is 1. The van der Waals surface area contributed by atoms with E-state index in [2.05, 4.69) is 0 Å². The second kappa shape index (κ2) is 17.4. The van der Waals surface area contributed by atoms with Crippen molar-refractivity contribution in [3.05, 3.63) is 253 Å². The first kappa shape index (κ1) is 22.1. The number of hydrogen-bond donors (Lipinski definition) is 0. The van der Waals surface area contributed by atoms with Crippen LogP contribution in [0.1, 0.15) is 107 Å². The minimum absolute atomic E-state index is 0.270. The Kier molecular flexibility index (Phi) is 4.74. The average Bonchev–Trinajstić information content (AvgIpc) is 1.63. The molecule has 0 aliphatic carbocycles. The first-order valence-electron chi connectivity index (χ1n) is 45.1. The Morgan fingerprint density at radius 2 is 0.889 bits per heavy atom. The van der Waals surface area contributed by atoms with Crippen molar-refractivity contribution >= 4 is 135 Å². The third-order valence-electron chi connectivity index (χ3n) is 14.2. The van der Waals surface area contributed by atoms with E-state index in [9.17, 15) is 48.0 Å². The van der Waals surface area contributed by atoms with Crippen LogP contribution in [0.2, 0.25) is 0 Å². The first-order valence-corrected chi connectivity index (χ1v) is 25.1. The van der Waals surface area contributed by atoms with E-state index in [1.165, 1.54) is 41.5 Å². The molecule has 11 aromatic carbocycles. The van der Waals surface area contributed by atoms with Gasteiger partial charge in [0.15, 0.2) is 0 Å². The Hall–Kier alpha value is -9.72. The number of anilines is 12. The number of benzene rings is 11. The zero-order valence-electron chi connectivity index (χ0n) is 83.2. The second-order valence-electron chi connectivity index (χ2n) is 21.1. The van der Waals surface area contributed by atoms with Gasteiger partial charge in [0.25, 0.3) is 6.71 Å². The summed E-state index contributed by atoms with van der Waals surface area (Å²) in [5.41, 5.74) is -22.7. The Morgan fingerprint density at radius 3 is 1.57 bits per heavy atom. The number of hydrogen-bond acceptors (Lipinski definition) is 5. The number of fused-ring (bicyclic) bond motifs is 12. The van der Waals surface area contributed by atoms with Crippen molar-refractivity contribution in [2.45, 2.75) is 52.4 Å². The van der Waals surface area contributed by atoms with Crippen molar-refractivity contribution in [2.24, 2.45) is 0 Å². The summed E-state index contributed by atoms with van der Waals surface area (Å²) in [5, 5.41) is -2.83. The van der Waals surface area contributed by atoms with E-state index < -0.39 is 393 Å². The fourth-order valence-corrected chi connectivity index (χ4v) is 10.7. The third kappa shape index (κ3) is 7.07. The molecule has 0 N–H and O–H groups in total. The van der Waals surface area contributed by atoms with E-state index >= 15 is 0 Å². The molecule has 6 nitrogen and oxygen atoms in total. The van der Waals surface area contributed by atoms with E-state index in [1.54, 1.807) is 0 Å². The lowest BCUT2D eigenvalue weighted by molar-refractivity contribution is 0.590. The van der Waals surface area contributed by atoms with E-state index in [-0.39, 0.29) is 11.1 Å². The minimum atomic E-state index is -2.49. The maximum absolute atomic E-state index is 11.5. The molecule has 2 aromatic heterocycles. The molecule has 0 atom stereocenters. The maximum Gasteiger partial charge on any atom is 0.252 e. The quantitative estimate of drug-likeness (QED) is 0.148. The summed E-state index contributed by atoms with van der Waals surface area (Å²) in [4.78, 5) is 2.16. The number of furan rings is 1. The van der Waals surface area contributed by atoms with Crippen LogP contribution in [0.5, 0.6) is 0 Å². The van der Waals surface area contributed by atoms with Crippen molar-refractivity contribution in [3.63, 3.8) is 0 Å². The van der Waals surface area contributed by atoms with Gasteiger partial charge < -0.3 is 28.6 Å². The predicted octanol–water partition coefficient (Wildman–Crippen LogP) is 18.6. The van der Waals surface area contributed by atoms with E-state index in [1.807, 2.05) is 0 Å². The molecule has 0 bridgehead atoms. The molecule has 3 aliphatic rings. The van der Waals surface area contributed by atoms with E-state index in [4.69, 9.17) is 11.3 Å². The summed E-state index contributed by atoms with van der Waals surface area (Å²) < 4.78 is 401. The Morgan fingerprint density at radius 1 is 0.383 bits per heavy atom. The van der Waals surface area contributed by atoms with Crippen molar-refractivity contribution in [3.8, 4) is 5.69 Å². The fraction of sp³-hybridized carbons (Fsp3) is 0.108. The normalized spacial score (nSPS) is 20.1. The van der Waals surface area contributed by atoms with Crippen LogP contribution < -0.4 is 36.0 Å². The van der Waals surface area contributed by atoms with Crippen LogP contribution >= 0.6 is 0 Å². The summed E-state index contributed by atoms with van der Waals surface area (Å²) >= 11 is 0. The van der Waals surface area contributed by atoms with Crippen LogP contribution in [0, 0.1) is 0 Å². The summed E-state index contributed by atoms with van der Waals surface area (Å²) in [6.45, 7) is 6.69. The highest BCUT2D eigenvalue weighted by Crippen LogP contribution is 2.55. The molecule has 5 heterocycles. The topological polar surface area (TPSA) is 31.0 Å². The van der Waals surface area contributed by atoms with Gasteiger partial charge in [0.05, 0.1) is 99.7 Å². The highest BCUT2D eigenvalue weighted by Gasteiger charge is 2.47. The summed E-state index contributed by atoms with van der Waals surface area (Å²) in [5.74, 6) is 0. The van der Waals surface area contributed by atoms with Gasteiger partial charge in [-0.2, -0.15) is 0 Å². The van der Waals surface area contributed by atoms with Crippen LogP contribution in [0.25, 0.3) is 49.4 Å². The van der Waals surface area contributed by atoms with Crippen LogP contribution in [-0.4, -0.2) is 11.3 Å². The van der Waals surface area contributed by atoms with Gasteiger partial charge in [-0.15, -0.1) is 0 Å². The van der Waals surface area contributed by atoms with Crippen LogP contribution in [0.4, 0.5) is 68.2 Å². The Balaban J connectivity index is 1.27. The molecule has 0 amide bonds. The molecular formula is C74H58BN5O. The number of para-hydroxylation sites is 6. The molecule has 0 radical (unpaired) electrons. The maximum atomic E-state index is 11.5. The van der Waals surface area contributed by atoms with Crippen LogP contribution in [0.3, 0.4) is 0 Å². The standard InChI is InChI=1S/C74H58BN5O/c1-73(2,3)47-34-38-51(39-35-47)76(52-40-36-48(37-41-52)74(4,5)6)53-42-43-58-64(44-53)78(61-29-19-33-68-69(61)57-25-14-16-32-67(57)81-68)65-45-54(77(49-20-9-7-10-21-49)50-22-11-8-12-23-50)46-66-70(65)75(58)59-27-18-31-63-72(59)80(66)62-30-17-26-56-55-24-13-15-28-60(55)79(63)71(56)62/h7-46H,1-6H3/i7D,8D,9D,10D,11D,12D,13D,14D,15D,16D,17D,18D,19D,20D,21D,22D,23D,24D,25D,26D,27D,28D,29D,30D,31D,32D,33D,34D,35D,36D,37D,38D,39D,40D,41D,42D,43D,44D,45D,46D. The molecule has 16 rings (SSSR count). The van der Waals surface area contributed by atoms with Crippen molar-refractivity contribution in [2.75, 3.05) is 19.6 Å². The van der Waals surface area contributed by atoms with Crippen LogP contribution in [-0.2, 0) is 10.8 Å². The zero-order valence-corrected chi connectivity index (χ0v) is 43.2. The van der Waals surface area contributed by atoms with Crippen LogP contribution in [0.15, 0.2) is 246 Å². The molecule has 0 unspecified atom stereocenters. The minimum Gasteiger partial charge on any atom is -0.456 e. The van der Waals surface area contributed by atoms with Gasteiger partial charge in [-0.3, -0.25) is 0 Å². The Labute approximate surface area is 529 Å². The second-order valence-corrected chi connectivity index (χ2v) is 21.1. The summed E-state index contributed by atoms with van der Waals surface area (Å²) in [7, 11) is 0. The first-order chi connectivity index (χ1) is 56.2. The molecule has 81 heavy (non-hydrogen) atoms. The van der Waals surface area contributed by atoms with Gasteiger partial charge in [-0.25, -0.2) is 0 Å². The highest BCUT2D eigenvalue weighted by molar-refractivity contribution is 7.00. The van der Waals surface area contributed by atoms with Gasteiger partial charge in [0.2, 0.25) is 0 Å². The lowest BCUT2D eigenvalue weighted by Crippen LogP contribution is -2.61. The van der Waals surface area contributed by atoms with Gasteiger partial charge >= 0.3 is 0 Å². The molecule has 0 saturated carbocycles. The van der Waals surface area contributed by atoms with Crippen molar-refractivity contribution in [1.29, 1.82) is 0 Å². The summed E-state index contributed by atoms with van der Waals surface area (Å²) in [6, 6.07) is -44.9. The average molecular weight is 1080 g/mol. The fourth-order valence-electron chi connectivity index (χ4n) is 10.7. The third-order valence-corrected chi connectivity index (χ3v) is 14.2. The largest absolute Gasteiger partial charge is 0.456 e. The molecule has 0 fully saturated rings. The van der Waals surface area contributed by atoms with Gasteiger partial charge in [0, 0.05) is 61.7 Å². The van der Waals surface area contributed by atoms with E-state index in [0.29, 0.717) is 14.7 Å². The van der Waals surface area contributed by atoms with Gasteiger partial charge in [-0.05, 0) is 147 Å².